The number of aliphatic carboxylic acids is 1. The van der Waals surface area contributed by atoms with Gasteiger partial charge in [0.05, 0.1) is 6.42 Å². The van der Waals surface area contributed by atoms with Gasteiger partial charge in [0.15, 0.2) is 5.82 Å². The molecule has 182 valence electrons. The summed E-state index contributed by atoms with van der Waals surface area (Å²) in [6.07, 6.45) is -0.863. The average Bonchev–Trinajstić information content (AvgIpc) is 3.39. The number of carboxylic acid groups (broad SMARTS) is 1. The van der Waals surface area contributed by atoms with Crippen LogP contribution in [0.1, 0.15) is 54.7 Å². The monoisotopic (exact) mass is 476 g/mol. The molecule has 0 fully saturated rings. The molecule has 3 aromatic rings. The number of aromatic amines is 1. The van der Waals surface area contributed by atoms with E-state index in [0.29, 0.717) is 0 Å². The molecule has 0 aliphatic heterocycles. The molecule has 35 heavy (non-hydrogen) atoms. The summed E-state index contributed by atoms with van der Waals surface area (Å²) in [5.74, 6) is -1.34. The van der Waals surface area contributed by atoms with Crippen molar-refractivity contribution in [2.45, 2.75) is 38.6 Å². The lowest BCUT2D eigenvalue weighted by atomic mass is 9.98. The minimum absolute atomic E-state index is 0.0474. The highest BCUT2D eigenvalue weighted by atomic mass is 16.5. The van der Waals surface area contributed by atoms with Gasteiger partial charge in [-0.2, -0.15) is 5.10 Å². The van der Waals surface area contributed by atoms with E-state index in [9.17, 15) is 14.4 Å². The first kappa shape index (κ1) is 24.0. The van der Waals surface area contributed by atoms with Crippen LogP contribution in [0.2, 0.25) is 0 Å². The standard InChI is InChI=1S/C26H28N4O5/c1-26(2,3)30(13-12-23(31)32)24(33)21-14-22(29-28-21)27-25(34)35-15-20-18-10-6-4-8-16(18)17-9-5-7-11-19(17)20/h4-11,14,20H,12-13,15H2,1-3H3,(H,31,32)(H2,27,28,29,34). The van der Waals surface area contributed by atoms with Crippen LogP contribution < -0.4 is 5.32 Å². The van der Waals surface area contributed by atoms with Crippen LogP contribution in [0.3, 0.4) is 0 Å². The molecule has 2 amide bonds. The number of nitrogens with zero attached hydrogens (tertiary/aromatic N) is 2. The number of rotatable bonds is 7. The zero-order chi connectivity index (χ0) is 25.2. The van der Waals surface area contributed by atoms with Gasteiger partial charge in [-0.1, -0.05) is 48.5 Å². The van der Waals surface area contributed by atoms with Crippen LogP contribution in [0, 0.1) is 0 Å². The van der Waals surface area contributed by atoms with Crippen LogP contribution in [0.15, 0.2) is 54.6 Å². The van der Waals surface area contributed by atoms with Gasteiger partial charge in [-0.25, -0.2) is 4.79 Å². The van der Waals surface area contributed by atoms with Crippen LogP contribution in [-0.4, -0.2) is 56.9 Å². The van der Waals surface area contributed by atoms with Gasteiger partial charge in [-0.3, -0.25) is 20.0 Å². The van der Waals surface area contributed by atoms with Gasteiger partial charge in [0.25, 0.3) is 5.91 Å². The minimum atomic E-state index is -0.991. The number of amides is 2. The largest absolute Gasteiger partial charge is 0.481 e. The topological polar surface area (TPSA) is 125 Å². The molecule has 1 aliphatic carbocycles. The molecule has 9 nitrogen and oxygen atoms in total. The third kappa shape index (κ3) is 5.18. The predicted molar refractivity (Wildman–Crippen MR) is 130 cm³/mol. The molecule has 0 saturated heterocycles. The molecule has 0 atom stereocenters. The van der Waals surface area contributed by atoms with E-state index in [1.54, 1.807) is 0 Å². The molecule has 2 aromatic carbocycles. The number of ether oxygens (including phenoxy) is 1. The lowest BCUT2D eigenvalue weighted by Crippen LogP contribution is -2.46. The maximum absolute atomic E-state index is 13.0. The Kier molecular flexibility index (Phi) is 6.59. The summed E-state index contributed by atoms with van der Waals surface area (Å²) in [7, 11) is 0. The zero-order valence-corrected chi connectivity index (χ0v) is 19.9. The van der Waals surface area contributed by atoms with Crippen molar-refractivity contribution in [2.24, 2.45) is 0 Å². The summed E-state index contributed by atoms with van der Waals surface area (Å²) in [6.45, 7) is 5.66. The van der Waals surface area contributed by atoms with Crippen molar-refractivity contribution in [1.82, 2.24) is 15.1 Å². The second-order valence-corrected chi connectivity index (χ2v) is 9.39. The molecule has 1 aromatic heterocycles. The molecule has 0 saturated carbocycles. The number of H-pyrrole nitrogens is 1. The fourth-order valence-electron chi connectivity index (χ4n) is 4.33. The Morgan fingerprint density at radius 2 is 1.66 bits per heavy atom. The molecule has 3 N–H and O–H groups in total. The van der Waals surface area contributed by atoms with Crippen molar-refractivity contribution in [2.75, 3.05) is 18.5 Å². The molecular formula is C26H28N4O5. The molecule has 1 aliphatic rings. The highest BCUT2D eigenvalue weighted by molar-refractivity contribution is 5.95. The van der Waals surface area contributed by atoms with E-state index < -0.39 is 23.5 Å². The minimum Gasteiger partial charge on any atom is -0.481 e. The third-order valence-electron chi connectivity index (χ3n) is 5.99. The summed E-state index contributed by atoms with van der Waals surface area (Å²) >= 11 is 0. The molecule has 4 rings (SSSR count). The molecule has 0 bridgehead atoms. The Hall–Kier alpha value is -4.14. The first-order chi connectivity index (χ1) is 16.6. The third-order valence-corrected chi connectivity index (χ3v) is 5.99. The molecular weight excluding hydrogens is 448 g/mol. The first-order valence-corrected chi connectivity index (χ1v) is 11.4. The summed E-state index contributed by atoms with van der Waals surface area (Å²) < 4.78 is 5.52. The Morgan fingerprint density at radius 1 is 1.06 bits per heavy atom. The fourth-order valence-corrected chi connectivity index (χ4v) is 4.33. The van der Waals surface area contributed by atoms with E-state index in [2.05, 4.69) is 27.6 Å². The molecule has 1 heterocycles. The Bertz CT molecular complexity index is 1210. The summed E-state index contributed by atoms with van der Waals surface area (Å²) in [4.78, 5) is 37.9. The molecule has 0 spiro atoms. The SMILES string of the molecule is CC(C)(C)N(CCC(=O)O)C(=O)c1cc(NC(=O)OCC2c3ccccc3-c3ccccc32)n[nH]1. The van der Waals surface area contributed by atoms with Gasteiger partial charge in [0, 0.05) is 24.1 Å². The Labute approximate surface area is 203 Å². The number of carbonyl (C=O) groups is 3. The summed E-state index contributed by atoms with van der Waals surface area (Å²) in [5, 5.41) is 18.2. The lowest BCUT2D eigenvalue weighted by Gasteiger charge is -2.35. The first-order valence-electron chi connectivity index (χ1n) is 11.4. The van der Waals surface area contributed by atoms with E-state index in [1.165, 1.54) is 11.0 Å². The number of aromatic nitrogens is 2. The van der Waals surface area contributed by atoms with Crippen molar-refractivity contribution < 1.29 is 24.2 Å². The Morgan fingerprint density at radius 3 is 2.23 bits per heavy atom. The molecule has 0 radical (unpaired) electrons. The van der Waals surface area contributed by atoms with Crippen LogP contribution in [0.4, 0.5) is 10.6 Å². The zero-order valence-electron chi connectivity index (χ0n) is 19.9. The second kappa shape index (κ2) is 9.61. The highest BCUT2D eigenvalue weighted by Gasteiger charge is 2.30. The maximum Gasteiger partial charge on any atom is 0.412 e. The van der Waals surface area contributed by atoms with Gasteiger partial charge in [0.2, 0.25) is 0 Å². The van der Waals surface area contributed by atoms with Crippen molar-refractivity contribution >= 4 is 23.8 Å². The van der Waals surface area contributed by atoms with Crippen molar-refractivity contribution in [3.8, 4) is 11.1 Å². The van der Waals surface area contributed by atoms with Crippen molar-refractivity contribution in [3.63, 3.8) is 0 Å². The van der Waals surface area contributed by atoms with E-state index in [1.807, 2.05) is 57.2 Å². The number of hydrogen-bond donors (Lipinski definition) is 3. The predicted octanol–water partition coefficient (Wildman–Crippen LogP) is 4.49. The number of anilines is 1. The number of carboxylic acids is 1. The number of carbonyl (C=O) groups excluding carboxylic acids is 2. The summed E-state index contributed by atoms with van der Waals surface area (Å²) in [5.41, 5.74) is 4.03. The number of benzene rings is 2. The van der Waals surface area contributed by atoms with Crippen molar-refractivity contribution in [1.29, 1.82) is 0 Å². The van der Waals surface area contributed by atoms with Crippen LogP contribution in [0.25, 0.3) is 11.1 Å². The van der Waals surface area contributed by atoms with E-state index in [0.717, 1.165) is 22.3 Å². The number of fused-ring (bicyclic) bond motifs is 3. The highest BCUT2D eigenvalue weighted by Crippen LogP contribution is 2.44. The van der Waals surface area contributed by atoms with Gasteiger partial charge in [0.1, 0.15) is 12.3 Å². The molecule has 0 unspecified atom stereocenters. The van der Waals surface area contributed by atoms with Crippen LogP contribution in [0.5, 0.6) is 0 Å². The van der Waals surface area contributed by atoms with E-state index in [4.69, 9.17) is 9.84 Å². The second-order valence-electron chi connectivity index (χ2n) is 9.39. The van der Waals surface area contributed by atoms with Gasteiger partial charge in [-0.05, 0) is 43.0 Å². The number of nitrogens with one attached hydrogen (secondary N) is 2. The maximum atomic E-state index is 13.0. The van der Waals surface area contributed by atoms with Gasteiger partial charge in [-0.15, -0.1) is 0 Å². The van der Waals surface area contributed by atoms with Crippen molar-refractivity contribution in [3.05, 3.63) is 71.4 Å². The normalized spacial score (nSPS) is 12.5. The summed E-state index contributed by atoms with van der Waals surface area (Å²) in [6, 6.07) is 17.5. The number of hydrogen-bond acceptors (Lipinski definition) is 5. The van der Waals surface area contributed by atoms with Crippen LogP contribution >= 0.6 is 0 Å². The quantitative estimate of drug-likeness (QED) is 0.462. The van der Waals surface area contributed by atoms with E-state index >= 15 is 0 Å². The van der Waals surface area contributed by atoms with Gasteiger partial charge >= 0.3 is 12.1 Å². The fraction of sp³-hybridized carbons (Fsp3) is 0.308. The van der Waals surface area contributed by atoms with E-state index in [-0.39, 0.29) is 37.0 Å². The lowest BCUT2D eigenvalue weighted by molar-refractivity contribution is -0.137. The average molecular weight is 477 g/mol. The molecule has 9 heteroatoms. The van der Waals surface area contributed by atoms with Crippen LogP contribution in [-0.2, 0) is 9.53 Å². The van der Waals surface area contributed by atoms with Gasteiger partial charge < -0.3 is 14.7 Å². The Balaban J connectivity index is 1.40. The smallest absolute Gasteiger partial charge is 0.412 e.